The average Bonchev–Trinajstić information content (AvgIpc) is 2.93. The number of anilines is 1. The predicted molar refractivity (Wildman–Crippen MR) is 156 cm³/mol. The Bertz CT molecular complexity index is 1400. The number of benzene rings is 3. The molecular weight excluding hydrogens is 534 g/mol. The van der Waals surface area contributed by atoms with Gasteiger partial charge in [0, 0.05) is 18.1 Å². The number of sulfonamides is 1. The number of amides is 2. The summed E-state index contributed by atoms with van der Waals surface area (Å²) < 4.78 is 29.0. The van der Waals surface area contributed by atoms with Crippen molar-refractivity contribution in [2.45, 2.75) is 58.0 Å². The molecule has 7 nitrogen and oxygen atoms in total. The first-order valence-electron chi connectivity index (χ1n) is 13.1. The summed E-state index contributed by atoms with van der Waals surface area (Å²) in [7, 11) is -4.11. The number of rotatable bonds is 12. The van der Waals surface area contributed by atoms with E-state index in [1.54, 1.807) is 49.4 Å². The van der Waals surface area contributed by atoms with Crippen LogP contribution in [-0.4, -0.2) is 44.3 Å². The quantitative estimate of drug-likeness (QED) is 0.313. The van der Waals surface area contributed by atoms with Crippen LogP contribution in [0.5, 0.6) is 0 Å². The van der Waals surface area contributed by atoms with Crippen molar-refractivity contribution in [2.24, 2.45) is 0 Å². The smallest absolute Gasteiger partial charge is 0.264 e. The maximum atomic E-state index is 14.1. The van der Waals surface area contributed by atoms with Crippen molar-refractivity contribution in [3.63, 3.8) is 0 Å². The molecule has 9 heteroatoms. The second-order valence-corrected chi connectivity index (χ2v) is 11.7. The molecule has 0 aromatic heterocycles. The van der Waals surface area contributed by atoms with Gasteiger partial charge in [-0.05, 0) is 67.6 Å². The molecule has 0 fully saturated rings. The third-order valence-electron chi connectivity index (χ3n) is 6.48. The molecule has 0 aliphatic rings. The summed E-state index contributed by atoms with van der Waals surface area (Å²) >= 11 is 6.43. The van der Waals surface area contributed by atoms with Gasteiger partial charge in [-0.15, -0.1) is 0 Å². The summed E-state index contributed by atoms with van der Waals surface area (Å²) in [5.41, 5.74) is 2.64. The largest absolute Gasteiger partial charge is 0.354 e. The van der Waals surface area contributed by atoms with Crippen LogP contribution >= 0.6 is 11.6 Å². The molecule has 0 bridgehead atoms. The Morgan fingerprint density at radius 3 is 2.26 bits per heavy atom. The van der Waals surface area contributed by atoms with Crippen LogP contribution in [0.15, 0.2) is 77.7 Å². The molecule has 3 aromatic rings. The second-order valence-electron chi connectivity index (χ2n) is 9.44. The summed E-state index contributed by atoms with van der Waals surface area (Å²) in [6, 6.07) is 19.8. The zero-order chi connectivity index (χ0) is 28.6. The lowest BCUT2D eigenvalue weighted by Crippen LogP contribution is -2.52. The van der Waals surface area contributed by atoms with E-state index in [2.05, 4.69) is 5.32 Å². The molecule has 0 radical (unpaired) electrons. The van der Waals surface area contributed by atoms with Crippen LogP contribution < -0.4 is 9.62 Å². The fraction of sp³-hybridized carbons (Fsp3) is 0.333. The highest BCUT2D eigenvalue weighted by Crippen LogP contribution is 2.29. The van der Waals surface area contributed by atoms with Crippen LogP contribution in [0.1, 0.15) is 43.4 Å². The van der Waals surface area contributed by atoms with Gasteiger partial charge in [0.15, 0.2) is 0 Å². The van der Waals surface area contributed by atoms with Gasteiger partial charge in [0.05, 0.1) is 10.6 Å². The average molecular weight is 570 g/mol. The molecule has 0 aliphatic heterocycles. The molecule has 1 atom stereocenters. The number of nitrogens with zero attached hydrogens (tertiary/aromatic N) is 2. The monoisotopic (exact) mass is 569 g/mol. The van der Waals surface area contributed by atoms with Gasteiger partial charge in [-0.2, -0.15) is 0 Å². The third kappa shape index (κ3) is 7.40. The number of halogens is 1. The lowest BCUT2D eigenvalue weighted by atomic mass is 10.1. The fourth-order valence-corrected chi connectivity index (χ4v) is 6.00. The fourth-order valence-electron chi connectivity index (χ4n) is 4.32. The van der Waals surface area contributed by atoms with Gasteiger partial charge in [0.2, 0.25) is 11.8 Å². The van der Waals surface area contributed by atoms with Gasteiger partial charge in [-0.1, -0.05) is 74.0 Å². The molecule has 0 unspecified atom stereocenters. The molecule has 3 rings (SSSR count). The molecule has 2 amide bonds. The Hall–Kier alpha value is -3.36. The van der Waals surface area contributed by atoms with Crippen molar-refractivity contribution in [2.75, 3.05) is 17.4 Å². The van der Waals surface area contributed by atoms with Crippen molar-refractivity contribution in [3.05, 3.63) is 94.5 Å². The minimum atomic E-state index is -4.11. The van der Waals surface area contributed by atoms with E-state index in [1.165, 1.54) is 17.0 Å². The lowest BCUT2D eigenvalue weighted by molar-refractivity contribution is -0.140. The maximum Gasteiger partial charge on any atom is 0.264 e. The number of carbonyl (C=O) groups excluding carboxylic acids is 2. The first kappa shape index (κ1) is 30.2. The zero-order valence-electron chi connectivity index (χ0n) is 22.9. The van der Waals surface area contributed by atoms with E-state index in [0.717, 1.165) is 16.3 Å². The van der Waals surface area contributed by atoms with Crippen LogP contribution in [0.3, 0.4) is 0 Å². The summed E-state index contributed by atoms with van der Waals surface area (Å²) in [5, 5.41) is 3.34. The summed E-state index contributed by atoms with van der Waals surface area (Å²) in [6.07, 6.45) is 1.09. The van der Waals surface area contributed by atoms with Gasteiger partial charge in [-0.3, -0.25) is 13.9 Å². The van der Waals surface area contributed by atoms with E-state index in [0.29, 0.717) is 34.8 Å². The molecule has 1 N–H and O–H groups in total. The number of carbonyl (C=O) groups is 2. The molecule has 0 spiro atoms. The Morgan fingerprint density at radius 2 is 1.62 bits per heavy atom. The van der Waals surface area contributed by atoms with Crippen molar-refractivity contribution < 1.29 is 18.0 Å². The van der Waals surface area contributed by atoms with Crippen LogP contribution in [0.2, 0.25) is 5.02 Å². The molecule has 0 saturated heterocycles. The first-order chi connectivity index (χ1) is 18.6. The second kappa shape index (κ2) is 13.6. The van der Waals surface area contributed by atoms with Crippen LogP contribution in [-0.2, 0) is 26.2 Å². The normalized spacial score (nSPS) is 12.0. The minimum absolute atomic E-state index is 0.0581. The van der Waals surface area contributed by atoms with Crippen LogP contribution in [0, 0.1) is 13.8 Å². The number of hydrogen-bond donors (Lipinski definition) is 1. The van der Waals surface area contributed by atoms with Crippen molar-refractivity contribution >= 4 is 39.1 Å². The van der Waals surface area contributed by atoms with E-state index >= 15 is 0 Å². The summed E-state index contributed by atoms with van der Waals surface area (Å²) in [4.78, 5) is 28.8. The number of nitrogens with one attached hydrogen (secondary N) is 1. The highest BCUT2D eigenvalue weighted by atomic mass is 35.5. The van der Waals surface area contributed by atoms with Gasteiger partial charge >= 0.3 is 0 Å². The summed E-state index contributed by atoms with van der Waals surface area (Å²) in [6.45, 7) is 7.50. The van der Waals surface area contributed by atoms with Gasteiger partial charge < -0.3 is 10.2 Å². The summed E-state index contributed by atoms with van der Waals surface area (Å²) in [5.74, 6) is -0.794. The van der Waals surface area contributed by atoms with E-state index in [4.69, 9.17) is 11.6 Å². The van der Waals surface area contributed by atoms with E-state index in [9.17, 15) is 18.0 Å². The molecule has 39 heavy (non-hydrogen) atoms. The van der Waals surface area contributed by atoms with Crippen LogP contribution in [0.25, 0.3) is 0 Å². The molecule has 0 aliphatic carbocycles. The zero-order valence-corrected chi connectivity index (χ0v) is 24.4. The van der Waals surface area contributed by atoms with Crippen molar-refractivity contribution in [1.29, 1.82) is 0 Å². The molecule has 0 heterocycles. The van der Waals surface area contributed by atoms with E-state index in [-0.39, 0.29) is 17.3 Å². The molecule has 0 saturated carbocycles. The number of hydrogen-bond acceptors (Lipinski definition) is 4. The van der Waals surface area contributed by atoms with E-state index < -0.39 is 28.5 Å². The van der Waals surface area contributed by atoms with Crippen molar-refractivity contribution in [1.82, 2.24) is 10.2 Å². The predicted octanol–water partition coefficient (Wildman–Crippen LogP) is 5.49. The minimum Gasteiger partial charge on any atom is -0.354 e. The molecular formula is C30H36ClN3O4S. The Balaban J connectivity index is 2.09. The van der Waals surface area contributed by atoms with Gasteiger partial charge in [0.25, 0.3) is 10.0 Å². The molecule has 208 valence electrons. The SMILES string of the molecule is CCCNC(=O)[C@@H](CC)N(Cc1ccccc1Cl)C(=O)CN(c1cc(C)ccc1C)S(=O)(=O)c1ccccc1. The van der Waals surface area contributed by atoms with Crippen LogP contribution in [0.4, 0.5) is 5.69 Å². The standard InChI is InChI=1S/C30H36ClN3O4S/c1-5-18-32-30(36)27(6-2)33(20-24-12-10-11-15-26(24)31)29(35)21-34(28-19-22(3)16-17-23(28)4)39(37,38)25-13-8-7-9-14-25/h7-17,19,27H,5-6,18,20-21H2,1-4H3,(H,32,36)/t27-/m1/s1. The van der Waals surface area contributed by atoms with Gasteiger partial charge in [-0.25, -0.2) is 8.42 Å². The highest BCUT2D eigenvalue weighted by Gasteiger charge is 2.34. The van der Waals surface area contributed by atoms with Crippen molar-refractivity contribution in [3.8, 4) is 0 Å². The first-order valence-corrected chi connectivity index (χ1v) is 14.9. The topological polar surface area (TPSA) is 86.8 Å². The lowest BCUT2D eigenvalue weighted by Gasteiger charge is -2.33. The Morgan fingerprint density at radius 1 is 0.949 bits per heavy atom. The Labute approximate surface area is 236 Å². The van der Waals surface area contributed by atoms with E-state index in [1.807, 2.05) is 39.0 Å². The van der Waals surface area contributed by atoms with Gasteiger partial charge in [0.1, 0.15) is 12.6 Å². The highest BCUT2D eigenvalue weighted by molar-refractivity contribution is 7.92. The molecule has 3 aromatic carbocycles. The number of aryl methyl sites for hydroxylation is 2. The Kier molecular flexibility index (Phi) is 10.5. The third-order valence-corrected chi connectivity index (χ3v) is 8.62. The maximum absolute atomic E-state index is 14.1.